The van der Waals surface area contributed by atoms with E-state index >= 15 is 0 Å². The molecule has 1 amide bonds. The van der Waals surface area contributed by atoms with E-state index in [-0.39, 0.29) is 0 Å². The second-order valence-electron chi connectivity index (χ2n) is 6.67. The summed E-state index contributed by atoms with van der Waals surface area (Å²) in [7, 11) is 0. The van der Waals surface area contributed by atoms with Crippen LogP contribution in [0, 0.1) is 11.8 Å². The van der Waals surface area contributed by atoms with E-state index in [0.29, 0.717) is 23.8 Å². The molecule has 0 bridgehead atoms. The van der Waals surface area contributed by atoms with E-state index in [1.807, 2.05) is 11.8 Å². The van der Waals surface area contributed by atoms with Crippen molar-refractivity contribution in [3.05, 3.63) is 0 Å². The van der Waals surface area contributed by atoms with Gasteiger partial charge in [-0.1, -0.05) is 13.8 Å². The van der Waals surface area contributed by atoms with E-state index in [4.69, 9.17) is 0 Å². The van der Waals surface area contributed by atoms with Crippen molar-refractivity contribution in [2.24, 2.45) is 11.8 Å². The summed E-state index contributed by atoms with van der Waals surface area (Å²) in [6.07, 6.45) is 5.72. The molecule has 0 saturated carbocycles. The Morgan fingerprint density at radius 2 is 2.00 bits per heavy atom. The third kappa shape index (κ3) is 5.28. The van der Waals surface area contributed by atoms with Crippen LogP contribution in [0.3, 0.4) is 0 Å². The number of carbonyl (C=O) groups is 1. The summed E-state index contributed by atoms with van der Waals surface area (Å²) >= 11 is 2.04. The Bertz CT molecular complexity index is 303. The maximum Gasteiger partial charge on any atom is 0.222 e. The lowest BCUT2D eigenvalue weighted by Crippen LogP contribution is -2.44. The topological polar surface area (TPSA) is 32.3 Å². The van der Waals surface area contributed by atoms with Gasteiger partial charge in [0.2, 0.25) is 5.91 Å². The molecule has 0 aromatic carbocycles. The number of hydrogen-bond donors (Lipinski definition) is 1. The summed E-state index contributed by atoms with van der Waals surface area (Å²) in [6, 6.07) is 0.542. The van der Waals surface area contributed by atoms with Gasteiger partial charge in [-0.3, -0.25) is 4.79 Å². The standard InChI is InChI=1S/C16H30N2OS/c1-13(2)17-11-15-4-3-7-18(12-15)16(19)10-14-5-8-20-9-6-14/h13-15,17H,3-12H2,1-2H3. The second-order valence-corrected chi connectivity index (χ2v) is 7.90. The average Bonchev–Trinajstić information content (AvgIpc) is 2.46. The Morgan fingerprint density at radius 3 is 2.70 bits per heavy atom. The van der Waals surface area contributed by atoms with Crippen LogP contribution in [0.1, 0.15) is 46.0 Å². The number of thioether (sulfide) groups is 1. The van der Waals surface area contributed by atoms with Crippen molar-refractivity contribution in [2.45, 2.75) is 52.0 Å². The minimum absolute atomic E-state index is 0.413. The van der Waals surface area contributed by atoms with E-state index < -0.39 is 0 Å². The lowest BCUT2D eigenvalue weighted by Gasteiger charge is -2.34. The SMILES string of the molecule is CC(C)NCC1CCCN(C(=O)CC2CCSCC2)C1. The molecule has 0 radical (unpaired) electrons. The predicted octanol–water partition coefficient (Wildman–Crippen LogP) is 2.76. The molecule has 116 valence electrons. The molecule has 4 heteroatoms. The first-order valence-corrected chi connectivity index (χ1v) is 9.39. The summed E-state index contributed by atoms with van der Waals surface area (Å²) < 4.78 is 0. The Hall–Kier alpha value is -0.220. The number of rotatable bonds is 5. The van der Waals surface area contributed by atoms with Crippen molar-refractivity contribution in [3.8, 4) is 0 Å². The lowest BCUT2D eigenvalue weighted by atomic mass is 9.94. The predicted molar refractivity (Wildman–Crippen MR) is 87.1 cm³/mol. The molecule has 2 rings (SSSR count). The number of likely N-dealkylation sites (tertiary alicyclic amines) is 1. The van der Waals surface area contributed by atoms with Crippen LogP contribution in [-0.2, 0) is 4.79 Å². The number of nitrogens with one attached hydrogen (secondary N) is 1. The van der Waals surface area contributed by atoms with Gasteiger partial charge in [0.05, 0.1) is 0 Å². The molecule has 1 atom stereocenters. The van der Waals surface area contributed by atoms with Crippen molar-refractivity contribution in [2.75, 3.05) is 31.1 Å². The summed E-state index contributed by atoms with van der Waals surface area (Å²) in [5.74, 6) is 4.21. The van der Waals surface area contributed by atoms with Crippen LogP contribution in [0.25, 0.3) is 0 Å². The zero-order valence-corrected chi connectivity index (χ0v) is 13.9. The Kier molecular flexibility index (Phi) is 6.69. The van der Waals surface area contributed by atoms with E-state index in [2.05, 4.69) is 24.1 Å². The highest BCUT2D eigenvalue weighted by Crippen LogP contribution is 2.26. The van der Waals surface area contributed by atoms with Gasteiger partial charge >= 0.3 is 0 Å². The fraction of sp³-hybridized carbons (Fsp3) is 0.938. The van der Waals surface area contributed by atoms with Crippen LogP contribution in [0.15, 0.2) is 0 Å². The van der Waals surface area contributed by atoms with Gasteiger partial charge in [-0.15, -0.1) is 0 Å². The molecule has 1 unspecified atom stereocenters. The molecule has 0 spiro atoms. The van der Waals surface area contributed by atoms with Crippen LogP contribution >= 0.6 is 11.8 Å². The first-order chi connectivity index (χ1) is 9.65. The van der Waals surface area contributed by atoms with Gasteiger partial charge in [0.1, 0.15) is 0 Å². The number of piperidine rings is 1. The molecule has 2 aliphatic heterocycles. The van der Waals surface area contributed by atoms with Crippen LogP contribution < -0.4 is 5.32 Å². The zero-order valence-electron chi connectivity index (χ0n) is 13.1. The number of hydrogen-bond acceptors (Lipinski definition) is 3. The fourth-order valence-corrected chi connectivity index (χ4v) is 4.39. The van der Waals surface area contributed by atoms with Gasteiger partial charge in [0.25, 0.3) is 0 Å². The molecule has 0 aromatic heterocycles. The molecule has 20 heavy (non-hydrogen) atoms. The van der Waals surface area contributed by atoms with Crippen LogP contribution in [-0.4, -0.2) is 48.0 Å². The third-order valence-electron chi connectivity index (χ3n) is 4.49. The molecule has 0 aliphatic carbocycles. The van der Waals surface area contributed by atoms with E-state index in [1.165, 1.54) is 37.2 Å². The van der Waals surface area contributed by atoms with Crippen LogP contribution in [0.5, 0.6) is 0 Å². The molecule has 2 saturated heterocycles. The first kappa shape index (κ1) is 16.2. The van der Waals surface area contributed by atoms with Gasteiger partial charge in [-0.2, -0.15) is 11.8 Å². The normalized spacial score (nSPS) is 25.1. The number of amides is 1. The van der Waals surface area contributed by atoms with Crippen molar-refractivity contribution < 1.29 is 4.79 Å². The minimum Gasteiger partial charge on any atom is -0.342 e. The zero-order chi connectivity index (χ0) is 14.4. The highest BCUT2D eigenvalue weighted by molar-refractivity contribution is 7.99. The molecule has 2 fully saturated rings. The van der Waals surface area contributed by atoms with Gasteiger partial charge in [0, 0.05) is 25.6 Å². The molecule has 1 N–H and O–H groups in total. The van der Waals surface area contributed by atoms with Crippen molar-refractivity contribution in [1.82, 2.24) is 10.2 Å². The van der Waals surface area contributed by atoms with E-state index in [0.717, 1.165) is 26.1 Å². The average molecular weight is 298 g/mol. The summed E-state index contributed by atoms with van der Waals surface area (Å²) in [4.78, 5) is 14.6. The number of nitrogens with zero attached hydrogens (tertiary/aromatic N) is 1. The fourth-order valence-electron chi connectivity index (χ4n) is 3.19. The quantitative estimate of drug-likeness (QED) is 0.847. The second kappa shape index (κ2) is 8.28. The Labute approximate surface area is 128 Å². The smallest absolute Gasteiger partial charge is 0.222 e. The molecular formula is C16H30N2OS. The maximum atomic E-state index is 12.4. The van der Waals surface area contributed by atoms with E-state index in [9.17, 15) is 4.79 Å². The third-order valence-corrected chi connectivity index (χ3v) is 5.54. The summed E-state index contributed by atoms with van der Waals surface area (Å²) in [6.45, 7) is 7.39. The molecule has 2 aliphatic rings. The maximum absolute atomic E-state index is 12.4. The lowest BCUT2D eigenvalue weighted by molar-refractivity contribution is -0.134. The minimum atomic E-state index is 0.413. The largest absolute Gasteiger partial charge is 0.342 e. The van der Waals surface area contributed by atoms with Crippen molar-refractivity contribution in [3.63, 3.8) is 0 Å². The summed E-state index contributed by atoms with van der Waals surface area (Å²) in [5, 5.41) is 3.52. The van der Waals surface area contributed by atoms with Gasteiger partial charge in [-0.05, 0) is 55.6 Å². The molecular weight excluding hydrogens is 268 g/mol. The Balaban J connectivity index is 1.74. The van der Waals surface area contributed by atoms with Gasteiger partial charge in [-0.25, -0.2) is 0 Å². The van der Waals surface area contributed by atoms with Crippen molar-refractivity contribution in [1.29, 1.82) is 0 Å². The molecule has 3 nitrogen and oxygen atoms in total. The highest BCUT2D eigenvalue weighted by atomic mass is 32.2. The van der Waals surface area contributed by atoms with Gasteiger partial charge in [0.15, 0.2) is 0 Å². The molecule has 0 aromatic rings. The molecule has 2 heterocycles. The number of carbonyl (C=O) groups excluding carboxylic acids is 1. The van der Waals surface area contributed by atoms with Crippen LogP contribution in [0.4, 0.5) is 0 Å². The Morgan fingerprint density at radius 1 is 1.25 bits per heavy atom. The first-order valence-electron chi connectivity index (χ1n) is 8.24. The summed E-state index contributed by atoms with van der Waals surface area (Å²) in [5.41, 5.74) is 0. The monoisotopic (exact) mass is 298 g/mol. The highest BCUT2D eigenvalue weighted by Gasteiger charge is 2.26. The van der Waals surface area contributed by atoms with E-state index in [1.54, 1.807) is 0 Å². The van der Waals surface area contributed by atoms with Crippen LogP contribution in [0.2, 0.25) is 0 Å². The van der Waals surface area contributed by atoms with Gasteiger partial charge < -0.3 is 10.2 Å². The van der Waals surface area contributed by atoms with Crippen molar-refractivity contribution >= 4 is 17.7 Å².